The number of aryl methyl sites for hydroxylation is 1. The summed E-state index contributed by atoms with van der Waals surface area (Å²) in [5.41, 5.74) is -0.220. The third kappa shape index (κ3) is 4.71. The molecule has 1 aliphatic rings. The number of thiol groups is 1. The molecule has 2 nitrogen and oxygen atoms in total. The summed E-state index contributed by atoms with van der Waals surface area (Å²) in [6.45, 7) is 2.21. The lowest BCUT2D eigenvalue weighted by Gasteiger charge is -2.28. The Hall–Kier alpha value is -0.585. The summed E-state index contributed by atoms with van der Waals surface area (Å²) in [5, 5.41) is 18.2. The number of rotatable bonds is 6. The van der Waals surface area contributed by atoms with E-state index in [0.717, 1.165) is 25.2 Å². The molecule has 1 aromatic rings. The highest BCUT2D eigenvalue weighted by Crippen LogP contribution is 2.34. The zero-order valence-corrected chi connectivity index (χ0v) is 14.5. The van der Waals surface area contributed by atoms with E-state index in [1.54, 1.807) is 0 Å². The average molecular weight is 342 g/mol. The molecule has 1 aliphatic carbocycles. The van der Waals surface area contributed by atoms with E-state index in [9.17, 15) is 8.78 Å². The highest BCUT2D eigenvalue weighted by Gasteiger charge is 2.26. The minimum atomic E-state index is -2.06. The van der Waals surface area contributed by atoms with E-state index < -0.39 is 24.2 Å². The van der Waals surface area contributed by atoms with Gasteiger partial charge in [-0.05, 0) is 36.3 Å². The molecule has 2 rings (SSSR count). The second-order valence-electron chi connectivity index (χ2n) is 6.68. The topological polar surface area (TPSA) is 40.5 Å². The van der Waals surface area contributed by atoms with Crippen molar-refractivity contribution in [2.45, 2.75) is 63.2 Å². The van der Waals surface area contributed by atoms with Crippen LogP contribution in [0.5, 0.6) is 0 Å². The molecule has 0 atom stereocenters. The molecule has 0 bridgehead atoms. The number of hydrogen-bond donors (Lipinski definition) is 3. The Labute approximate surface area is 142 Å². The Bertz CT molecular complexity index is 532. The largest absolute Gasteiger partial charge is 0.492 e. The van der Waals surface area contributed by atoms with Gasteiger partial charge in [-0.1, -0.05) is 45.4 Å². The fourth-order valence-electron chi connectivity index (χ4n) is 3.68. The Morgan fingerprint density at radius 1 is 1.09 bits per heavy atom. The molecule has 0 radical (unpaired) electrons. The van der Waals surface area contributed by atoms with Gasteiger partial charge in [0.15, 0.2) is 11.6 Å². The maximum Gasteiger partial charge on any atom is 0.492 e. The van der Waals surface area contributed by atoms with Gasteiger partial charge in [0, 0.05) is 10.4 Å². The summed E-state index contributed by atoms with van der Waals surface area (Å²) in [4.78, 5) is 0.0838. The lowest BCUT2D eigenvalue weighted by molar-refractivity contribution is 0.251. The van der Waals surface area contributed by atoms with Gasteiger partial charge in [0.25, 0.3) is 0 Å². The predicted molar refractivity (Wildman–Crippen MR) is 92.1 cm³/mol. The molecule has 0 aromatic heterocycles. The molecule has 0 amide bonds. The minimum absolute atomic E-state index is 0.0838. The summed E-state index contributed by atoms with van der Waals surface area (Å²) >= 11 is 4.05. The molecule has 2 N–H and O–H groups in total. The van der Waals surface area contributed by atoms with Crippen molar-refractivity contribution in [2.24, 2.45) is 11.8 Å². The molecule has 1 fully saturated rings. The molecule has 0 spiro atoms. The van der Waals surface area contributed by atoms with Crippen molar-refractivity contribution in [2.75, 3.05) is 0 Å². The highest BCUT2D eigenvalue weighted by atomic mass is 32.1. The maximum atomic E-state index is 14.1. The normalized spacial score (nSPS) is 21.5. The van der Waals surface area contributed by atoms with Crippen molar-refractivity contribution in [1.82, 2.24) is 0 Å². The molecular weight excluding hydrogens is 317 g/mol. The lowest BCUT2D eigenvalue weighted by Crippen LogP contribution is -2.35. The molecule has 0 heterocycles. The summed E-state index contributed by atoms with van der Waals surface area (Å²) in [5.74, 6) is -0.781. The van der Waals surface area contributed by atoms with Gasteiger partial charge in [0.2, 0.25) is 0 Å². The quantitative estimate of drug-likeness (QED) is 0.547. The van der Waals surface area contributed by atoms with Gasteiger partial charge < -0.3 is 10.0 Å². The lowest BCUT2D eigenvalue weighted by atomic mass is 9.77. The van der Waals surface area contributed by atoms with Crippen LogP contribution in [0.3, 0.4) is 0 Å². The maximum absolute atomic E-state index is 14.1. The number of benzene rings is 1. The van der Waals surface area contributed by atoms with Gasteiger partial charge in [-0.2, -0.15) is 0 Å². The van der Waals surface area contributed by atoms with Crippen molar-refractivity contribution in [1.29, 1.82) is 0 Å². The van der Waals surface area contributed by atoms with Crippen LogP contribution in [-0.2, 0) is 6.42 Å². The monoisotopic (exact) mass is 342 g/mol. The van der Waals surface area contributed by atoms with Gasteiger partial charge in [0.1, 0.15) is 0 Å². The van der Waals surface area contributed by atoms with Gasteiger partial charge in [0.05, 0.1) is 0 Å². The zero-order valence-electron chi connectivity index (χ0n) is 13.6. The van der Waals surface area contributed by atoms with E-state index in [4.69, 9.17) is 10.0 Å². The fourth-order valence-corrected chi connectivity index (χ4v) is 4.05. The zero-order chi connectivity index (χ0) is 17.0. The Kier molecular flexibility index (Phi) is 6.92. The molecule has 0 aliphatic heterocycles. The first-order valence-corrected chi connectivity index (χ1v) is 8.94. The summed E-state index contributed by atoms with van der Waals surface area (Å²) in [6.07, 6.45) is 8.62. The molecule has 23 heavy (non-hydrogen) atoms. The second kappa shape index (κ2) is 8.49. The standard InChI is InChI=1S/C17H25BF2O2S/c1-2-3-11-4-6-12(7-5-11)8-9-13-10-14(23)15(18(21)22)17(20)16(13)19/h10-12,21-23H,2-9H2,1H3. The molecule has 0 saturated heterocycles. The first-order chi connectivity index (χ1) is 10.9. The molecule has 128 valence electrons. The average Bonchev–Trinajstić information content (AvgIpc) is 2.51. The van der Waals surface area contributed by atoms with Crippen LogP contribution in [0.1, 0.15) is 57.4 Å². The van der Waals surface area contributed by atoms with Crippen molar-refractivity contribution in [3.8, 4) is 0 Å². The van der Waals surface area contributed by atoms with E-state index in [1.807, 2.05) is 0 Å². The first kappa shape index (κ1) is 18.7. The van der Waals surface area contributed by atoms with Gasteiger partial charge in [-0.25, -0.2) is 8.78 Å². The smallest absolute Gasteiger partial charge is 0.423 e. The molecule has 0 unspecified atom stereocenters. The Morgan fingerprint density at radius 3 is 2.17 bits per heavy atom. The van der Waals surface area contributed by atoms with Gasteiger partial charge >= 0.3 is 7.12 Å². The summed E-state index contributed by atoms with van der Waals surface area (Å²) in [7, 11) is -2.06. The number of halogens is 2. The van der Waals surface area contributed by atoms with Crippen LogP contribution in [0.25, 0.3) is 0 Å². The molecule has 1 saturated carbocycles. The van der Waals surface area contributed by atoms with E-state index in [0.29, 0.717) is 12.3 Å². The van der Waals surface area contributed by atoms with E-state index in [2.05, 4.69) is 19.6 Å². The van der Waals surface area contributed by atoms with Crippen molar-refractivity contribution in [3.63, 3.8) is 0 Å². The molecule has 6 heteroatoms. The van der Waals surface area contributed by atoms with Crippen molar-refractivity contribution >= 4 is 25.2 Å². The van der Waals surface area contributed by atoms with Crippen LogP contribution in [0.2, 0.25) is 0 Å². The van der Waals surface area contributed by atoms with Crippen LogP contribution < -0.4 is 5.46 Å². The summed E-state index contributed by atoms with van der Waals surface area (Å²) in [6, 6.07) is 1.42. The third-order valence-electron chi connectivity index (χ3n) is 5.04. The van der Waals surface area contributed by atoms with Crippen molar-refractivity contribution in [3.05, 3.63) is 23.3 Å². The number of hydrogen-bond acceptors (Lipinski definition) is 3. The van der Waals surface area contributed by atoms with Crippen LogP contribution >= 0.6 is 12.6 Å². The van der Waals surface area contributed by atoms with E-state index >= 15 is 0 Å². The van der Waals surface area contributed by atoms with Crippen LogP contribution in [-0.4, -0.2) is 17.2 Å². The third-order valence-corrected chi connectivity index (χ3v) is 5.41. The van der Waals surface area contributed by atoms with Gasteiger partial charge in [-0.3, -0.25) is 0 Å². The van der Waals surface area contributed by atoms with Crippen LogP contribution in [0.15, 0.2) is 11.0 Å². The highest BCUT2D eigenvalue weighted by molar-refractivity contribution is 7.80. The Morgan fingerprint density at radius 2 is 1.65 bits per heavy atom. The van der Waals surface area contributed by atoms with Crippen LogP contribution in [0, 0.1) is 23.5 Å². The second-order valence-corrected chi connectivity index (χ2v) is 7.17. The van der Waals surface area contributed by atoms with E-state index in [-0.39, 0.29) is 10.5 Å². The first-order valence-electron chi connectivity index (χ1n) is 8.49. The molecular formula is C17H25BF2O2S. The predicted octanol–water partition coefficient (Wildman–Crippen LogP) is 3.47. The molecule has 1 aromatic carbocycles. The van der Waals surface area contributed by atoms with Crippen molar-refractivity contribution < 1.29 is 18.8 Å². The van der Waals surface area contributed by atoms with Gasteiger partial charge in [-0.15, -0.1) is 12.6 Å². The summed E-state index contributed by atoms with van der Waals surface area (Å²) < 4.78 is 28.0. The SMILES string of the molecule is CCCC1CCC(CCc2cc(S)c(B(O)O)c(F)c2F)CC1. The minimum Gasteiger partial charge on any atom is -0.423 e. The fraction of sp³-hybridized carbons (Fsp3) is 0.647. The van der Waals surface area contributed by atoms with Crippen LogP contribution in [0.4, 0.5) is 8.78 Å². The van der Waals surface area contributed by atoms with E-state index in [1.165, 1.54) is 31.7 Å². The Balaban J connectivity index is 1.97.